The Hall–Kier alpha value is -2.67. The number of hydrogen-bond donors (Lipinski definition) is 0. The van der Waals surface area contributed by atoms with E-state index in [0.29, 0.717) is 13.1 Å². The normalized spacial score (nSPS) is 17.0. The molecule has 2 aromatic rings. The summed E-state index contributed by atoms with van der Waals surface area (Å²) in [5, 5.41) is 0. The Labute approximate surface area is 165 Å². The molecule has 1 aliphatic heterocycles. The Balaban J connectivity index is 1.88. The molecule has 6 nitrogen and oxygen atoms in total. The van der Waals surface area contributed by atoms with Gasteiger partial charge in [-0.05, 0) is 38.0 Å². The lowest BCUT2D eigenvalue weighted by Gasteiger charge is -2.29. The van der Waals surface area contributed by atoms with Gasteiger partial charge in [0.15, 0.2) is 0 Å². The number of hydrogen-bond acceptors (Lipinski definition) is 4. The first-order chi connectivity index (χ1) is 13.3. The van der Waals surface area contributed by atoms with Crippen LogP contribution in [-0.2, 0) is 26.2 Å². The predicted octanol–water partition coefficient (Wildman–Crippen LogP) is 2.72. The van der Waals surface area contributed by atoms with Gasteiger partial charge in [0.25, 0.3) is 10.0 Å². The third kappa shape index (κ3) is 3.94. The van der Waals surface area contributed by atoms with E-state index in [-0.39, 0.29) is 23.6 Å². The van der Waals surface area contributed by atoms with Crippen LogP contribution >= 0.6 is 0 Å². The van der Waals surface area contributed by atoms with Crippen LogP contribution in [0.15, 0.2) is 59.5 Å². The smallest absolute Gasteiger partial charge is 0.267 e. The fourth-order valence-electron chi connectivity index (χ4n) is 3.37. The molecule has 1 fully saturated rings. The van der Waals surface area contributed by atoms with E-state index in [1.54, 1.807) is 17.0 Å². The molecule has 0 aromatic heterocycles. The van der Waals surface area contributed by atoms with Gasteiger partial charge < -0.3 is 4.90 Å². The van der Waals surface area contributed by atoms with Crippen molar-refractivity contribution in [1.82, 2.24) is 9.21 Å². The SMILES string of the molecule is CCN(Cc1ccccc1)C(=O)C1CCC(=O)N1S(=O)(=O)c1ccc(C)cc1. The Kier molecular flexibility index (Phi) is 5.84. The number of carbonyl (C=O) groups excluding carboxylic acids is 2. The predicted molar refractivity (Wildman–Crippen MR) is 106 cm³/mol. The number of aryl methyl sites for hydroxylation is 1. The third-order valence-electron chi connectivity index (χ3n) is 4.93. The summed E-state index contributed by atoms with van der Waals surface area (Å²) in [5.41, 5.74) is 1.87. The lowest BCUT2D eigenvalue weighted by Crippen LogP contribution is -2.48. The quantitative estimate of drug-likeness (QED) is 0.747. The van der Waals surface area contributed by atoms with Crippen molar-refractivity contribution in [2.75, 3.05) is 6.54 Å². The Bertz CT molecular complexity index is 956. The number of benzene rings is 2. The van der Waals surface area contributed by atoms with Gasteiger partial charge in [-0.1, -0.05) is 48.0 Å². The molecule has 0 spiro atoms. The molecule has 2 amide bonds. The zero-order valence-electron chi connectivity index (χ0n) is 16.0. The standard InChI is InChI=1S/C21H24N2O4S/c1-3-22(15-17-7-5-4-6-8-17)21(25)19-13-14-20(24)23(19)28(26,27)18-11-9-16(2)10-12-18/h4-12,19H,3,13-15H2,1-2H3. The van der Waals surface area contributed by atoms with E-state index in [9.17, 15) is 18.0 Å². The average molecular weight is 401 g/mol. The maximum atomic E-state index is 13.1. The van der Waals surface area contributed by atoms with Gasteiger partial charge in [0, 0.05) is 19.5 Å². The number of likely N-dealkylation sites (N-methyl/N-ethyl adjacent to an activating group) is 1. The molecule has 7 heteroatoms. The molecular weight excluding hydrogens is 376 g/mol. The highest BCUT2D eigenvalue weighted by Crippen LogP contribution is 2.29. The largest absolute Gasteiger partial charge is 0.337 e. The number of sulfonamides is 1. The monoisotopic (exact) mass is 400 g/mol. The molecule has 1 saturated heterocycles. The van der Waals surface area contributed by atoms with E-state index in [4.69, 9.17) is 0 Å². The Morgan fingerprint density at radius 1 is 1.11 bits per heavy atom. The van der Waals surface area contributed by atoms with Gasteiger partial charge in [-0.15, -0.1) is 0 Å². The maximum absolute atomic E-state index is 13.1. The van der Waals surface area contributed by atoms with Crippen molar-refractivity contribution in [1.29, 1.82) is 0 Å². The minimum Gasteiger partial charge on any atom is -0.337 e. The molecule has 148 valence electrons. The van der Waals surface area contributed by atoms with Gasteiger partial charge in [0.05, 0.1) is 4.90 Å². The van der Waals surface area contributed by atoms with E-state index >= 15 is 0 Å². The number of rotatable bonds is 6. The second kappa shape index (κ2) is 8.14. The number of nitrogens with zero attached hydrogens (tertiary/aromatic N) is 2. The van der Waals surface area contributed by atoms with Gasteiger partial charge in [0.2, 0.25) is 11.8 Å². The molecule has 1 atom stereocenters. The van der Waals surface area contributed by atoms with Crippen molar-refractivity contribution < 1.29 is 18.0 Å². The van der Waals surface area contributed by atoms with Crippen molar-refractivity contribution in [2.45, 2.75) is 44.2 Å². The van der Waals surface area contributed by atoms with Crippen molar-refractivity contribution in [2.24, 2.45) is 0 Å². The van der Waals surface area contributed by atoms with Gasteiger partial charge >= 0.3 is 0 Å². The first-order valence-corrected chi connectivity index (χ1v) is 10.7. The minimum atomic E-state index is -4.08. The van der Waals surface area contributed by atoms with E-state index < -0.39 is 22.0 Å². The minimum absolute atomic E-state index is 0.0252. The lowest BCUT2D eigenvalue weighted by atomic mass is 10.1. The molecule has 3 rings (SSSR count). The molecular formula is C21H24N2O4S. The van der Waals surface area contributed by atoms with Crippen LogP contribution in [0.4, 0.5) is 0 Å². The van der Waals surface area contributed by atoms with Crippen LogP contribution in [0.5, 0.6) is 0 Å². The fraction of sp³-hybridized carbons (Fsp3) is 0.333. The summed E-state index contributed by atoms with van der Waals surface area (Å²) >= 11 is 0. The van der Waals surface area contributed by atoms with Crippen LogP contribution in [0, 0.1) is 6.92 Å². The van der Waals surface area contributed by atoms with E-state index in [1.165, 1.54) is 12.1 Å². The van der Waals surface area contributed by atoms with Crippen molar-refractivity contribution in [3.8, 4) is 0 Å². The fourth-order valence-corrected chi connectivity index (χ4v) is 4.97. The highest BCUT2D eigenvalue weighted by atomic mass is 32.2. The van der Waals surface area contributed by atoms with Crippen molar-refractivity contribution in [3.63, 3.8) is 0 Å². The maximum Gasteiger partial charge on any atom is 0.267 e. The average Bonchev–Trinajstić information content (AvgIpc) is 3.09. The van der Waals surface area contributed by atoms with E-state index in [2.05, 4.69) is 0 Å². The zero-order chi connectivity index (χ0) is 20.3. The van der Waals surface area contributed by atoms with E-state index in [0.717, 1.165) is 15.4 Å². The molecule has 1 aliphatic rings. The summed E-state index contributed by atoms with van der Waals surface area (Å²) < 4.78 is 26.9. The van der Waals surface area contributed by atoms with Gasteiger partial charge in [-0.2, -0.15) is 0 Å². The molecule has 1 unspecified atom stereocenters. The topological polar surface area (TPSA) is 74.8 Å². The molecule has 28 heavy (non-hydrogen) atoms. The highest BCUT2D eigenvalue weighted by Gasteiger charge is 2.45. The van der Waals surface area contributed by atoms with Crippen LogP contribution in [0.25, 0.3) is 0 Å². The third-order valence-corrected chi connectivity index (χ3v) is 6.78. The molecule has 0 N–H and O–H groups in total. The van der Waals surface area contributed by atoms with Gasteiger partial charge in [-0.3, -0.25) is 9.59 Å². The summed E-state index contributed by atoms with van der Waals surface area (Å²) in [6, 6.07) is 14.8. The summed E-state index contributed by atoms with van der Waals surface area (Å²) in [5.74, 6) is -0.873. The van der Waals surface area contributed by atoms with Crippen LogP contribution in [0.3, 0.4) is 0 Å². The van der Waals surface area contributed by atoms with Gasteiger partial charge in [0.1, 0.15) is 6.04 Å². The second-order valence-electron chi connectivity index (χ2n) is 6.90. The molecule has 0 bridgehead atoms. The van der Waals surface area contributed by atoms with Crippen LogP contribution < -0.4 is 0 Å². The number of amides is 2. The molecule has 0 saturated carbocycles. The Morgan fingerprint density at radius 2 is 1.75 bits per heavy atom. The molecule has 1 heterocycles. The molecule has 0 aliphatic carbocycles. The lowest BCUT2D eigenvalue weighted by molar-refractivity contribution is -0.138. The molecule has 2 aromatic carbocycles. The van der Waals surface area contributed by atoms with Crippen molar-refractivity contribution >= 4 is 21.8 Å². The first kappa shape index (κ1) is 20.1. The first-order valence-electron chi connectivity index (χ1n) is 9.31. The van der Waals surface area contributed by atoms with Crippen LogP contribution in [-0.4, -0.2) is 42.0 Å². The molecule has 0 radical (unpaired) electrons. The Morgan fingerprint density at radius 3 is 2.36 bits per heavy atom. The summed E-state index contributed by atoms with van der Waals surface area (Å²) in [4.78, 5) is 27.2. The summed E-state index contributed by atoms with van der Waals surface area (Å²) in [6.07, 6.45) is 0.248. The van der Waals surface area contributed by atoms with Crippen LogP contribution in [0.2, 0.25) is 0 Å². The highest BCUT2D eigenvalue weighted by molar-refractivity contribution is 7.89. The van der Waals surface area contributed by atoms with E-state index in [1.807, 2.05) is 44.2 Å². The summed E-state index contributed by atoms with van der Waals surface area (Å²) in [7, 11) is -4.08. The zero-order valence-corrected chi connectivity index (χ0v) is 16.9. The number of carbonyl (C=O) groups is 2. The van der Waals surface area contributed by atoms with Gasteiger partial charge in [-0.25, -0.2) is 12.7 Å². The van der Waals surface area contributed by atoms with Crippen LogP contribution in [0.1, 0.15) is 30.9 Å². The van der Waals surface area contributed by atoms with Crippen molar-refractivity contribution in [3.05, 3.63) is 65.7 Å². The second-order valence-corrected chi connectivity index (χ2v) is 8.72. The summed E-state index contributed by atoms with van der Waals surface area (Å²) in [6.45, 7) is 4.50.